The van der Waals surface area contributed by atoms with Gasteiger partial charge in [-0.25, -0.2) is 0 Å². The minimum atomic E-state index is -0.176. The summed E-state index contributed by atoms with van der Waals surface area (Å²) in [6.07, 6.45) is 7.31. The lowest BCUT2D eigenvalue weighted by atomic mass is 9.84. The quantitative estimate of drug-likeness (QED) is 0.253. The Balaban J connectivity index is 0.000000178. The number of thioether (sulfide) groups is 1. The summed E-state index contributed by atoms with van der Waals surface area (Å²) in [5, 5.41) is 1.53. The maximum atomic E-state index is 12.2. The van der Waals surface area contributed by atoms with Gasteiger partial charge in [-0.2, -0.15) is 0 Å². The van der Waals surface area contributed by atoms with Crippen molar-refractivity contribution in [3.05, 3.63) is 101 Å². The fourth-order valence-electron chi connectivity index (χ4n) is 5.68. The lowest BCUT2D eigenvalue weighted by Crippen LogP contribution is -2.27. The Kier molecular flexibility index (Phi) is 9.52. The number of nitrogens with zero attached hydrogens (tertiary/aromatic N) is 4. The van der Waals surface area contributed by atoms with E-state index in [2.05, 4.69) is 60.9 Å². The Morgan fingerprint density at radius 3 is 1.78 bits per heavy atom. The average Bonchev–Trinajstić information content (AvgIpc) is 3.68. The van der Waals surface area contributed by atoms with Gasteiger partial charge in [0.05, 0.1) is 10.7 Å². The highest BCUT2D eigenvalue weighted by atomic mass is 32.2. The highest BCUT2D eigenvalue weighted by Crippen LogP contribution is 2.47. The van der Waals surface area contributed by atoms with Crippen LogP contribution in [0.1, 0.15) is 40.2 Å². The van der Waals surface area contributed by atoms with E-state index >= 15 is 0 Å². The van der Waals surface area contributed by atoms with E-state index in [0.29, 0.717) is 13.1 Å². The summed E-state index contributed by atoms with van der Waals surface area (Å²) in [6, 6.07) is 16.6. The third-order valence-corrected chi connectivity index (χ3v) is 9.78. The van der Waals surface area contributed by atoms with Crippen molar-refractivity contribution in [2.45, 2.75) is 44.9 Å². The van der Waals surface area contributed by atoms with Crippen LogP contribution in [0.4, 0.5) is 11.4 Å². The van der Waals surface area contributed by atoms with Crippen molar-refractivity contribution in [3.63, 3.8) is 0 Å². The minimum absolute atomic E-state index is 0.130. The number of para-hydroxylation sites is 2. The van der Waals surface area contributed by atoms with Crippen molar-refractivity contribution in [1.82, 2.24) is 9.80 Å². The van der Waals surface area contributed by atoms with Gasteiger partial charge in [-0.05, 0) is 93.3 Å². The molecule has 8 nitrogen and oxygen atoms in total. The number of carbonyl (C=O) groups is 2. The van der Waals surface area contributed by atoms with Crippen LogP contribution in [0.15, 0.2) is 100.0 Å². The molecule has 2 fully saturated rings. The van der Waals surface area contributed by atoms with Crippen molar-refractivity contribution in [3.8, 4) is 0 Å². The molecule has 0 bridgehead atoms. The molecule has 4 aliphatic rings. The van der Waals surface area contributed by atoms with Gasteiger partial charge in [-0.15, -0.1) is 0 Å². The predicted octanol–water partition coefficient (Wildman–Crippen LogP) is 6.85. The van der Waals surface area contributed by atoms with E-state index in [1.807, 2.05) is 51.2 Å². The highest BCUT2D eigenvalue weighted by molar-refractivity contribution is 8.03. The molecule has 0 saturated carbocycles. The Labute approximate surface area is 279 Å². The van der Waals surface area contributed by atoms with Crippen molar-refractivity contribution < 1.29 is 19.1 Å². The smallest absolute Gasteiger partial charge is 0.297 e. The predicted molar refractivity (Wildman–Crippen MR) is 188 cm³/mol. The summed E-state index contributed by atoms with van der Waals surface area (Å²) >= 11 is 11.8. The molecular weight excluding hydrogens is 625 g/mol. The third kappa shape index (κ3) is 6.04. The van der Waals surface area contributed by atoms with Gasteiger partial charge in [-0.1, -0.05) is 55.9 Å². The average molecular weight is 661 g/mol. The molecule has 0 spiro atoms. The minimum Gasteiger partial charge on any atom is -0.426 e. The lowest BCUT2D eigenvalue weighted by Gasteiger charge is -2.23. The highest BCUT2D eigenvalue weighted by Gasteiger charge is 2.38. The maximum Gasteiger partial charge on any atom is 0.297 e. The van der Waals surface area contributed by atoms with Crippen LogP contribution in [-0.2, 0) is 24.5 Å². The molecule has 2 aromatic rings. The normalized spacial score (nSPS) is 22.0. The molecule has 4 heterocycles. The molecule has 2 amide bonds. The molecule has 11 heteroatoms. The van der Waals surface area contributed by atoms with Crippen LogP contribution >= 0.6 is 36.2 Å². The first-order valence-corrected chi connectivity index (χ1v) is 16.5. The molecule has 0 atom stereocenters. The lowest BCUT2D eigenvalue weighted by molar-refractivity contribution is -0.123. The van der Waals surface area contributed by atoms with Gasteiger partial charge in [0, 0.05) is 48.4 Å². The number of allylic oxidation sites excluding steroid dienone is 5. The number of hydrogen-bond donors (Lipinski definition) is 0. The number of thiocarbonyl (C=S) groups is 2. The summed E-state index contributed by atoms with van der Waals surface area (Å²) in [7, 11) is 2.04. The van der Waals surface area contributed by atoms with Gasteiger partial charge in [0.15, 0.2) is 11.5 Å². The molecule has 2 aromatic carbocycles. The van der Waals surface area contributed by atoms with Crippen molar-refractivity contribution in [2.75, 3.05) is 36.5 Å². The third-order valence-electron chi connectivity index (χ3n) is 8.04. The van der Waals surface area contributed by atoms with Gasteiger partial charge in [0.1, 0.15) is 0 Å². The number of ether oxygens (including phenoxy) is 2. The Morgan fingerprint density at radius 2 is 1.24 bits per heavy atom. The SMILES string of the molecule is CCN1C(=O)C(=CC=C2N(C)c3ccccc3C2(C)C)OC1=S.CCN1C(=O)C(=CC=C2Sc3ccccc3N2CC)OC1=S. The van der Waals surface area contributed by atoms with E-state index in [4.69, 9.17) is 33.9 Å². The van der Waals surface area contributed by atoms with Crippen LogP contribution in [0.5, 0.6) is 0 Å². The van der Waals surface area contributed by atoms with Gasteiger partial charge in [-0.3, -0.25) is 19.4 Å². The van der Waals surface area contributed by atoms with Gasteiger partial charge in [0.2, 0.25) is 0 Å². The second kappa shape index (κ2) is 13.2. The Bertz CT molecular complexity index is 1690. The largest absolute Gasteiger partial charge is 0.426 e. The molecule has 45 heavy (non-hydrogen) atoms. The summed E-state index contributed by atoms with van der Waals surface area (Å²) < 4.78 is 10.8. The van der Waals surface area contributed by atoms with Gasteiger partial charge in [0.25, 0.3) is 22.2 Å². The molecule has 2 saturated heterocycles. The maximum absolute atomic E-state index is 12.2. The van der Waals surface area contributed by atoms with Crippen LogP contribution in [0.25, 0.3) is 0 Å². The molecule has 0 aliphatic carbocycles. The van der Waals surface area contributed by atoms with Crippen LogP contribution in [-0.4, -0.2) is 58.6 Å². The molecule has 0 aromatic heterocycles. The van der Waals surface area contributed by atoms with Gasteiger partial charge >= 0.3 is 0 Å². The van der Waals surface area contributed by atoms with E-state index in [9.17, 15) is 9.59 Å². The van der Waals surface area contributed by atoms with Crippen molar-refractivity contribution in [2.24, 2.45) is 0 Å². The zero-order valence-corrected chi connectivity index (χ0v) is 28.6. The molecule has 234 valence electrons. The van der Waals surface area contributed by atoms with E-state index < -0.39 is 0 Å². The second-order valence-electron chi connectivity index (χ2n) is 11.0. The van der Waals surface area contributed by atoms with Crippen molar-refractivity contribution in [1.29, 1.82) is 0 Å². The number of fused-ring (bicyclic) bond motifs is 2. The molecule has 0 radical (unpaired) electrons. The first-order chi connectivity index (χ1) is 21.5. The van der Waals surface area contributed by atoms with Crippen molar-refractivity contribution >= 4 is 69.7 Å². The zero-order chi connectivity index (χ0) is 32.5. The molecule has 4 aliphatic heterocycles. The summed E-state index contributed by atoms with van der Waals surface area (Å²) in [5.74, 6) is 0.217. The molecule has 0 N–H and O–H groups in total. The number of carbonyl (C=O) groups excluding carboxylic acids is 2. The standard InChI is InChI=1S/C18H20N2O2S.C16H16N2O2S2/c1-5-20-16(21)14(22-17(20)23)10-11-15-18(2,3)12-8-6-7-9-13(12)19(15)4;1-3-17-11-7-5-6-8-13(11)22-14(17)10-9-12-15(19)18(4-2)16(21)20-12/h6-11H,5H2,1-4H3;5-10H,3-4H2,1-2H3. The van der Waals surface area contributed by atoms with E-state index in [-0.39, 0.29) is 39.1 Å². The number of hydrogen-bond acceptors (Lipinski definition) is 9. The van der Waals surface area contributed by atoms with Crippen LogP contribution in [0, 0.1) is 0 Å². The Morgan fingerprint density at radius 1 is 0.733 bits per heavy atom. The van der Waals surface area contributed by atoms with Crippen LogP contribution in [0.3, 0.4) is 0 Å². The monoisotopic (exact) mass is 660 g/mol. The summed E-state index contributed by atoms with van der Waals surface area (Å²) in [4.78, 5) is 32.8. The number of benzene rings is 2. The topological polar surface area (TPSA) is 65.6 Å². The molecular formula is C34H36N4O4S3. The fraction of sp³-hybridized carbons (Fsp3) is 0.294. The second-order valence-corrected chi connectivity index (χ2v) is 12.7. The number of amides is 2. The zero-order valence-electron chi connectivity index (χ0n) is 26.2. The van der Waals surface area contributed by atoms with E-state index in [1.165, 1.54) is 31.6 Å². The van der Waals surface area contributed by atoms with Crippen LogP contribution in [0.2, 0.25) is 0 Å². The fourth-order valence-corrected chi connectivity index (χ4v) is 7.41. The Hall–Kier alpha value is -3.93. The number of rotatable bonds is 5. The van der Waals surface area contributed by atoms with E-state index in [0.717, 1.165) is 17.3 Å². The molecule has 0 unspecified atom stereocenters. The molecule has 6 rings (SSSR count). The summed E-state index contributed by atoms with van der Waals surface area (Å²) in [6.45, 7) is 12.1. The number of likely N-dealkylation sites (N-methyl/N-ethyl adjacent to an activating group) is 3. The summed E-state index contributed by atoms with van der Waals surface area (Å²) in [5.41, 5.74) is 4.64. The first-order valence-electron chi connectivity index (χ1n) is 14.8. The first kappa shape index (κ1) is 32.5. The number of anilines is 2. The van der Waals surface area contributed by atoms with Gasteiger partial charge < -0.3 is 19.3 Å². The van der Waals surface area contributed by atoms with Crippen LogP contribution < -0.4 is 9.80 Å². The van der Waals surface area contributed by atoms with E-state index in [1.54, 1.807) is 23.9 Å².